The number of anilines is 1. The van der Waals surface area contributed by atoms with Crippen LogP contribution in [-0.4, -0.2) is 43.0 Å². The molecule has 0 bridgehead atoms. The number of rotatable bonds is 6. The molecule has 1 heterocycles. The van der Waals surface area contributed by atoms with Gasteiger partial charge in [0.1, 0.15) is 0 Å². The van der Waals surface area contributed by atoms with Gasteiger partial charge in [0.15, 0.2) is 5.13 Å². The van der Waals surface area contributed by atoms with Crippen molar-refractivity contribution in [2.45, 2.75) is 13.3 Å². The zero-order chi connectivity index (χ0) is 18.7. The highest BCUT2D eigenvalue weighted by Crippen LogP contribution is 2.30. The number of carbonyl (C=O) groups excluding carboxylic acids is 1. The first-order valence-corrected chi connectivity index (χ1v) is 9.79. The maximum Gasteiger partial charge on any atom is 0.260 e. The smallest absolute Gasteiger partial charge is 0.260 e. The average Bonchev–Trinajstić information content (AvgIpc) is 3.04. The number of carbonyl (C=O) groups is 1. The zero-order valence-corrected chi connectivity index (χ0v) is 16.8. The molecular formula is C20H22ClN3OS. The molecule has 0 unspecified atom stereocenters. The number of nitrogens with zero attached hydrogens (tertiary/aromatic N) is 3. The summed E-state index contributed by atoms with van der Waals surface area (Å²) < 4.78 is 1.11. The molecule has 136 valence electrons. The number of amides is 1. The van der Waals surface area contributed by atoms with E-state index in [1.54, 1.807) is 40.5 Å². The van der Waals surface area contributed by atoms with Gasteiger partial charge in [0.05, 0.1) is 10.2 Å². The Morgan fingerprint density at radius 2 is 1.85 bits per heavy atom. The number of aryl methyl sites for hydroxylation is 1. The third kappa shape index (κ3) is 4.23. The number of aromatic nitrogens is 1. The highest BCUT2D eigenvalue weighted by atomic mass is 35.5. The van der Waals surface area contributed by atoms with Crippen molar-refractivity contribution in [1.82, 2.24) is 9.88 Å². The van der Waals surface area contributed by atoms with Gasteiger partial charge in [-0.2, -0.15) is 0 Å². The molecule has 0 N–H and O–H groups in total. The van der Waals surface area contributed by atoms with E-state index in [4.69, 9.17) is 16.6 Å². The maximum atomic E-state index is 13.1. The number of hydrogen-bond acceptors (Lipinski definition) is 4. The van der Waals surface area contributed by atoms with Crippen molar-refractivity contribution >= 4 is 44.2 Å². The monoisotopic (exact) mass is 387 g/mol. The maximum absolute atomic E-state index is 13.1. The molecule has 26 heavy (non-hydrogen) atoms. The lowest BCUT2D eigenvalue weighted by molar-refractivity contribution is 0.0985. The second kappa shape index (κ2) is 8.16. The van der Waals surface area contributed by atoms with E-state index in [0.717, 1.165) is 28.3 Å². The number of halogens is 1. The normalized spacial score (nSPS) is 11.3. The highest BCUT2D eigenvalue weighted by Gasteiger charge is 2.21. The summed E-state index contributed by atoms with van der Waals surface area (Å²) >= 11 is 7.52. The van der Waals surface area contributed by atoms with Crippen LogP contribution in [0.3, 0.4) is 0 Å². The first-order chi connectivity index (χ1) is 12.5. The fourth-order valence-electron chi connectivity index (χ4n) is 2.62. The predicted octanol–water partition coefficient (Wildman–Crippen LogP) is 4.72. The second-order valence-corrected chi connectivity index (χ2v) is 7.86. The van der Waals surface area contributed by atoms with Gasteiger partial charge in [-0.3, -0.25) is 9.69 Å². The van der Waals surface area contributed by atoms with Crippen LogP contribution in [0, 0.1) is 0 Å². The molecule has 2 aromatic carbocycles. The SMILES string of the molecule is CCc1ccc2nc(N(CCN(C)C)C(=O)c3ccc(Cl)cc3)sc2c1. The van der Waals surface area contributed by atoms with E-state index in [2.05, 4.69) is 24.0 Å². The van der Waals surface area contributed by atoms with Gasteiger partial charge in [0, 0.05) is 23.7 Å². The third-order valence-corrected chi connectivity index (χ3v) is 5.48. The summed E-state index contributed by atoms with van der Waals surface area (Å²) in [6.07, 6.45) is 0.983. The predicted molar refractivity (Wildman–Crippen MR) is 111 cm³/mol. The molecule has 0 saturated carbocycles. The molecule has 4 nitrogen and oxygen atoms in total. The summed E-state index contributed by atoms with van der Waals surface area (Å²) in [5.41, 5.74) is 2.82. The fraction of sp³-hybridized carbons (Fsp3) is 0.300. The van der Waals surface area contributed by atoms with Crippen molar-refractivity contribution in [2.24, 2.45) is 0 Å². The lowest BCUT2D eigenvalue weighted by Gasteiger charge is -2.22. The van der Waals surface area contributed by atoms with Crippen LogP contribution in [0.4, 0.5) is 5.13 Å². The minimum atomic E-state index is -0.0571. The van der Waals surface area contributed by atoms with Crippen LogP contribution in [0.25, 0.3) is 10.2 Å². The number of thiazole rings is 1. The third-order valence-electron chi connectivity index (χ3n) is 4.19. The Balaban J connectivity index is 1.97. The zero-order valence-electron chi connectivity index (χ0n) is 15.2. The molecule has 6 heteroatoms. The molecule has 0 aliphatic carbocycles. The van der Waals surface area contributed by atoms with Crippen LogP contribution in [0.15, 0.2) is 42.5 Å². The van der Waals surface area contributed by atoms with Gasteiger partial charge in [-0.15, -0.1) is 0 Å². The second-order valence-electron chi connectivity index (χ2n) is 6.42. The van der Waals surface area contributed by atoms with E-state index in [0.29, 0.717) is 17.1 Å². The molecule has 1 amide bonds. The Bertz CT molecular complexity index is 905. The van der Waals surface area contributed by atoms with Gasteiger partial charge >= 0.3 is 0 Å². The minimum Gasteiger partial charge on any atom is -0.308 e. The van der Waals surface area contributed by atoms with Gasteiger partial charge in [0.25, 0.3) is 5.91 Å². The lowest BCUT2D eigenvalue weighted by atomic mass is 10.2. The molecule has 1 aromatic heterocycles. The van der Waals surface area contributed by atoms with Crippen molar-refractivity contribution in [3.8, 4) is 0 Å². The van der Waals surface area contributed by atoms with Crippen LogP contribution < -0.4 is 4.90 Å². The fourth-order valence-corrected chi connectivity index (χ4v) is 3.80. The Morgan fingerprint density at radius 1 is 1.12 bits per heavy atom. The molecule has 0 aliphatic heterocycles. The molecule has 0 saturated heterocycles. The van der Waals surface area contributed by atoms with E-state index < -0.39 is 0 Å². The summed E-state index contributed by atoms with van der Waals surface area (Å²) in [6.45, 7) is 3.47. The molecule has 0 fully saturated rings. The van der Waals surface area contributed by atoms with E-state index in [1.165, 1.54) is 5.56 Å². The average molecular weight is 388 g/mol. The molecule has 0 atom stereocenters. The topological polar surface area (TPSA) is 36.4 Å². The molecule has 0 radical (unpaired) electrons. The summed E-state index contributed by atoms with van der Waals surface area (Å²) in [5, 5.41) is 1.35. The molecule has 0 spiro atoms. The van der Waals surface area contributed by atoms with Crippen LogP contribution in [0.2, 0.25) is 5.02 Å². The van der Waals surface area contributed by atoms with Crippen molar-refractivity contribution in [2.75, 3.05) is 32.1 Å². The van der Waals surface area contributed by atoms with Crippen molar-refractivity contribution in [1.29, 1.82) is 0 Å². The van der Waals surface area contributed by atoms with Crippen molar-refractivity contribution in [3.05, 3.63) is 58.6 Å². The van der Waals surface area contributed by atoms with E-state index in [9.17, 15) is 4.79 Å². The molecule has 0 aliphatic rings. The van der Waals surface area contributed by atoms with Gasteiger partial charge in [-0.1, -0.05) is 35.9 Å². The molecule has 3 aromatic rings. The van der Waals surface area contributed by atoms with Crippen LogP contribution >= 0.6 is 22.9 Å². The van der Waals surface area contributed by atoms with Gasteiger partial charge in [-0.05, 0) is 62.5 Å². The van der Waals surface area contributed by atoms with E-state index in [1.807, 2.05) is 20.2 Å². The Kier molecular flexibility index (Phi) is 5.91. The standard InChI is InChI=1S/C20H22ClN3OS/c1-4-14-5-10-17-18(13-14)26-20(22-17)24(12-11-23(2)3)19(25)15-6-8-16(21)9-7-15/h5-10,13H,4,11-12H2,1-3H3. The van der Waals surface area contributed by atoms with Crippen LogP contribution in [0.5, 0.6) is 0 Å². The highest BCUT2D eigenvalue weighted by molar-refractivity contribution is 7.22. The lowest BCUT2D eigenvalue weighted by Crippen LogP contribution is -2.36. The largest absolute Gasteiger partial charge is 0.308 e. The summed E-state index contributed by atoms with van der Waals surface area (Å²) in [5.74, 6) is -0.0571. The summed E-state index contributed by atoms with van der Waals surface area (Å²) in [7, 11) is 3.99. The number of fused-ring (bicyclic) bond motifs is 1. The van der Waals surface area contributed by atoms with E-state index in [-0.39, 0.29) is 5.91 Å². The van der Waals surface area contributed by atoms with Crippen LogP contribution in [0.1, 0.15) is 22.8 Å². The summed E-state index contributed by atoms with van der Waals surface area (Å²) in [6, 6.07) is 13.3. The van der Waals surface area contributed by atoms with Gasteiger partial charge in [-0.25, -0.2) is 4.98 Å². The first kappa shape index (κ1) is 18.8. The minimum absolute atomic E-state index is 0.0571. The molecular weight excluding hydrogens is 366 g/mol. The van der Waals surface area contributed by atoms with Crippen molar-refractivity contribution in [3.63, 3.8) is 0 Å². The summed E-state index contributed by atoms with van der Waals surface area (Å²) in [4.78, 5) is 21.6. The van der Waals surface area contributed by atoms with Crippen LogP contribution in [-0.2, 0) is 6.42 Å². The number of benzene rings is 2. The van der Waals surface area contributed by atoms with Crippen molar-refractivity contribution < 1.29 is 4.79 Å². The quantitative estimate of drug-likeness (QED) is 0.614. The van der Waals surface area contributed by atoms with Gasteiger partial charge < -0.3 is 4.90 Å². The Hall–Kier alpha value is -1.95. The van der Waals surface area contributed by atoms with Gasteiger partial charge in [0.2, 0.25) is 0 Å². The number of likely N-dealkylation sites (N-methyl/N-ethyl adjacent to an activating group) is 1. The first-order valence-electron chi connectivity index (χ1n) is 8.59. The molecule has 3 rings (SSSR count). The Morgan fingerprint density at radius 3 is 2.50 bits per heavy atom. The Labute approximate surface area is 163 Å². The number of hydrogen-bond donors (Lipinski definition) is 0. The van der Waals surface area contributed by atoms with E-state index >= 15 is 0 Å².